The first-order valence-electron chi connectivity index (χ1n) is 6.28. The third-order valence-corrected chi connectivity index (χ3v) is 4.19. The molecule has 0 aliphatic carbocycles. The Morgan fingerprint density at radius 2 is 1.73 bits per heavy atom. The van der Waals surface area contributed by atoms with Crippen molar-refractivity contribution in [2.75, 3.05) is 5.75 Å². The first-order chi connectivity index (χ1) is 10.6. The zero-order valence-corrected chi connectivity index (χ0v) is 13.7. The topological polar surface area (TPSA) is 58.2 Å². The predicted octanol–water partition coefficient (Wildman–Crippen LogP) is 3.14. The van der Waals surface area contributed by atoms with Gasteiger partial charge in [-0.1, -0.05) is 28.1 Å². The molecule has 0 radical (unpaired) electrons. The van der Waals surface area contributed by atoms with Gasteiger partial charge in [-0.15, -0.1) is 11.8 Å². The van der Waals surface area contributed by atoms with Gasteiger partial charge in [0.05, 0.1) is 5.75 Å². The predicted molar refractivity (Wildman–Crippen MR) is 86.9 cm³/mol. The Balaban J connectivity index is 1.79. The van der Waals surface area contributed by atoms with Crippen LogP contribution in [0.4, 0.5) is 4.39 Å². The van der Waals surface area contributed by atoms with Crippen molar-refractivity contribution in [3.05, 3.63) is 64.4 Å². The molecule has 4 nitrogen and oxygen atoms in total. The van der Waals surface area contributed by atoms with Crippen LogP contribution in [-0.2, 0) is 4.79 Å². The Morgan fingerprint density at radius 1 is 1.05 bits per heavy atom. The zero-order chi connectivity index (χ0) is 15.9. The van der Waals surface area contributed by atoms with Gasteiger partial charge in [-0.25, -0.2) is 4.39 Å². The molecular weight excluding hydrogens is 371 g/mol. The first-order valence-corrected chi connectivity index (χ1v) is 8.06. The van der Waals surface area contributed by atoms with E-state index in [1.165, 1.54) is 6.07 Å². The Labute approximate surface area is 139 Å². The highest BCUT2D eigenvalue weighted by atomic mass is 79.9. The summed E-state index contributed by atoms with van der Waals surface area (Å²) in [5.41, 5.74) is 5.02. The van der Waals surface area contributed by atoms with E-state index in [0.717, 1.165) is 16.2 Å². The number of thioether (sulfide) groups is 1. The number of benzene rings is 2. The summed E-state index contributed by atoms with van der Waals surface area (Å²) < 4.78 is 14.2. The van der Waals surface area contributed by atoms with Crippen molar-refractivity contribution in [2.24, 2.45) is 0 Å². The molecule has 114 valence electrons. The quantitative estimate of drug-likeness (QED) is 0.630. The molecule has 0 aliphatic rings. The van der Waals surface area contributed by atoms with Crippen LogP contribution in [0.25, 0.3) is 0 Å². The lowest BCUT2D eigenvalue weighted by Gasteiger charge is -2.07. The molecule has 0 bridgehead atoms. The van der Waals surface area contributed by atoms with Crippen LogP contribution in [0.2, 0.25) is 0 Å². The largest absolute Gasteiger partial charge is 0.272 e. The van der Waals surface area contributed by atoms with Crippen LogP contribution < -0.4 is 10.9 Å². The number of carbonyl (C=O) groups is 2. The summed E-state index contributed by atoms with van der Waals surface area (Å²) in [6, 6.07) is 12.9. The van der Waals surface area contributed by atoms with E-state index in [9.17, 15) is 14.0 Å². The maximum Gasteiger partial charge on any atom is 0.269 e. The van der Waals surface area contributed by atoms with Gasteiger partial charge in [0.25, 0.3) is 5.91 Å². The summed E-state index contributed by atoms with van der Waals surface area (Å²) >= 11 is 4.33. The summed E-state index contributed by atoms with van der Waals surface area (Å²) in [6.45, 7) is 0. The monoisotopic (exact) mass is 382 g/mol. The van der Waals surface area contributed by atoms with Crippen molar-refractivity contribution in [3.8, 4) is 0 Å². The Kier molecular flexibility index (Phi) is 5.97. The average Bonchev–Trinajstić information content (AvgIpc) is 2.52. The van der Waals surface area contributed by atoms with Crippen molar-refractivity contribution >= 4 is 39.5 Å². The third-order valence-electron chi connectivity index (χ3n) is 2.62. The zero-order valence-electron chi connectivity index (χ0n) is 11.3. The van der Waals surface area contributed by atoms with E-state index in [-0.39, 0.29) is 11.6 Å². The van der Waals surface area contributed by atoms with E-state index < -0.39 is 11.8 Å². The lowest BCUT2D eigenvalue weighted by atomic mass is 10.2. The van der Waals surface area contributed by atoms with Gasteiger partial charge in [0.2, 0.25) is 5.91 Å². The van der Waals surface area contributed by atoms with Crippen LogP contribution in [0.15, 0.2) is 57.9 Å². The molecule has 2 rings (SSSR count). The molecule has 7 heteroatoms. The standard InChI is InChI=1S/C15H12BrFN2O2S/c16-11-7-5-10(6-8-11)15(21)19-18-14(20)9-22-13-4-2-1-3-12(13)17/h1-8H,9H2,(H,18,20)(H,19,21). The number of hydrogen-bond acceptors (Lipinski definition) is 3. The van der Waals surface area contributed by atoms with Crippen LogP contribution in [-0.4, -0.2) is 17.6 Å². The number of amides is 2. The summed E-state index contributed by atoms with van der Waals surface area (Å²) in [7, 11) is 0. The fourth-order valence-corrected chi connectivity index (χ4v) is 2.54. The fraction of sp³-hybridized carbons (Fsp3) is 0.0667. The van der Waals surface area contributed by atoms with E-state index in [2.05, 4.69) is 26.8 Å². The van der Waals surface area contributed by atoms with Gasteiger partial charge in [0.1, 0.15) is 5.82 Å². The fourth-order valence-electron chi connectivity index (χ4n) is 1.54. The van der Waals surface area contributed by atoms with Gasteiger partial charge in [-0.2, -0.15) is 0 Å². The molecule has 0 aromatic heterocycles. The molecular formula is C15H12BrFN2O2S. The summed E-state index contributed by atoms with van der Waals surface area (Å²) in [5, 5.41) is 0. The molecule has 0 unspecified atom stereocenters. The highest BCUT2D eigenvalue weighted by Gasteiger charge is 2.09. The first kappa shape index (κ1) is 16.5. The average molecular weight is 383 g/mol. The molecule has 0 aliphatic heterocycles. The van der Waals surface area contributed by atoms with Crippen molar-refractivity contribution in [3.63, 3.8) is 0 Å². The summed E-state index contributed by atoms with van der Waals surface area (Å²) in [5.74, 6) is -1.21. The smallest absolute Gasteiger partial charge is 0.269 e. The minimum Gasteiger partial charge on any atom is -0.272 e. The second kappa shape index (κ2) is 7.95. The van der Waals surface area contributed by atoms with Crippen molar-refractivity contribution in [1.29, 1.82) is 0 Å². The second-order valence-corrected chi connectivity index (χ2v) is 6.16. The molecule has 2 aromatic rings. The number of carbonyl (C=O) groups excluding carboxylic acids is 2. The molecule has 2 amide bonds. The van der Waals surface area contributed by atoms with Gasteiger partial charge in [-0.3, -0.25) is 20.4 Å². The number of halogens is 2. The van der Waals surface area contributed by atoms with Gasteiger partial charge in [-0.05, 0) is 36.4 Å². The van der Waals surface area contributed by atoms with Crippen LogP contribution in [0.3, 0.4) is 0 Å². The maximum atomic E-state index is 13.4. The number of nitrogens with one attached hydrogen (secondary N) is 2. The van der Waals surface area contributed by atoms with E-state index in [0.29, 0.717) is 10.5 Å². The molecule has 0 heterocycles. The number of hydrogen-bond donors (Lipinski definition) is 2. The van der Waals surface area contributed by atoms with Crippen molar-refractivity contribution in [1.82, 2.24) is 10.9 Å². The minimum atomic E-state index is -0.420. The van der Waals surface area contributed by atoms with Crippen LogP contribution >= 0.6 is 27.7 Å². The van der Waals surface area contributed by atoms with Crippen molar-refractivity contribution in [2.45, 2.75) is 4.90 Å². The van der Waals surface area contributed by atoms with Crippen LogP contribution in [0.5, 0.6) is 0 Å². The van der Waals surface area contributed by atoms with E-state index in [1.807, 2.05) is 0 Å². The Morgan fingerprint density at radius 3 is 2.41 bits per heavy atom. The number of hydrazine groups is 1. The molecule has 22 heavy (non-hydrogen) atoms. The molecule has 0 fully saturated rings. The van der Waals surface area contributed by atoms with Gasteiger partial charge < -0.3 is 0 Å². The Bertz CT molecular complexity index is 679. The van der Waals surface area contributed by atoms with Crippen molar-refractivity contribution < 1.29 is 14.0 Å². The minimum absolute atomic E-state index is 0.00154. The lowest BCUT2D eigenvalue weighted by Crippen LogP contribution is -2.42. The molecule has 0 saturated carbocycles. The third kappa shape index (κ3) is 4.85. The second-order valence-electron chi connectivity index (χ2n) is 4.23. The summed E-state index contributed by atoms with van der Waals surface area (Å²) in [6.07, 6.45) is 0. The van der Waals surface area contributed by atoms with Gasteiger partial charge in [0, 0.05) is 14.9 Å². The Hall–Kier alpha value is -1.86. The highest BCUT2D eigenvalue weighted by molar-refractivity contribution is 9.10. The van der Waals surface area contributed by atoms with E-state index in [4.69, 9.17) is 0 Å². The molecule has 0 saturated heterocycles. The van der Waals surface area contributed by atoms with Crippen LogP contribution in [0.1, 0.15) is 10.4 Å². The van der Waals surface area contributed by atoms with Gasteiger partial charge in [0.15, 0.2) is 0 Å². The molecule has 0 atom stereocenters. The molecule has 2 N–H and O–H groups in total. The lowest BCUT2D eigenvalue weighted by molar-refractivity contribution is -0.119. The van der Waals surface area contributed by atoms with E-state index in [1.54, 1.807) is 42.5 Å². The SMILES string of the molecule is O=C(CSc1ccccc1F)NNC(=O)c1ccc(Br)cc1. The highest BCUT2D eigenvalue weighted by Crippen LogP contribution is 2.20. The van der Waals surface area contributed by atoms with Gasteiger partial charge >= 0.3 is 0 Å². The molecule has 2 aromatic carbocycles. The normalized spacial score (nSPS) is 10.1. The maximum absolute atomic E-state index is 13.4. The summed E-state index contributed by atoms with van der Waals surface area (Å²) in [4.78, 5) is 23.8. The number of rotatable bonds is 4. The van der Waals surface area contributed by atoms with E-state index >= 15 is 0 Å². The van der Waals surface area contributed by atoms with Crippen LogP contribution in [0, 0.1) is 5.82 Å². The molecule has 0 spiro atoms.